The number of hydrogen-bond donors (Lipinski definition) is 2. The summed E-state index contributed by atoms with van der Waals surface area (Å²) in [4.78, 5) is 0. The van der Waals surface area contributed by atoms with Crippen LogP contribution in [0.5, 0.6) is 0 Å². The Balaban J connectivity index is 2.07. The highest BCUT2D eigenvalue weighted by atomic mass is 19.1. The fourth-order valence-electron chi connectivity index (χ4n) is 1.92. The molecule has 1 saturated carbocycles. The molecule has 2 rings (SSSR count). The topological polar surface area (TPSA) is 52.0 Å². The number of rotatable bonds is 3. The van der Waals surface area contributed by atoms with E-state index in [1.54, 1.807) is 12.1 Å². The molecular formula is C13H17FN2. The van der Waals surface area contributed by atoms with Gasteiger partial charge in [-0.15, -0.1) is 0 Å². The molecule has 1 unspecified atom stereocenters. The summed E-state index contributed by atoms with van der Waals surface area (Å²) in [5.41, 5.74) is 14.6. The van der Waals surface area contributed by atoms with Crippen LogP contribution in [0.2, 0.25) is 0 Å². The third-order valence-corrected chi connectivity index (χ3v) is 3.16. The predicted molar refractivity (Wildman–Crippen MR) is 63.1 cm³/mol. The lowest BCUT2D eigenvalue weighted by atomic mass is 9.87. The van der Waals surface area contributed by atoms with Crippen LogP contribution in [0.3, 0.4) is 0 Å². The largest absolute Gasteiger partial charge is 0.401 e. The van der Waals surface area contributed by atoms with E-state index in [1.807, 2.05) is 6.07 Å². The number of nitrogens with two attached hydrogens (primary N) is 2. The molecule has 1 aromatic rings. The van der Waals surface area contributed by atoms with E-state index in [9.17, 15) is 4.39 Å². The highest BCUT2D eigenvalue weighted by molar-refractivity contribution is 5.25. The molecular weight excluding hydrogens is 203 g/mol. The Morgan fingerprint density at radius 2 is 2.00 bits per heavy atom. The molecule has 0 radical (unpaired) electrons. The maximum absolute atomic E-state index is 13.4. The zero-order chi connectivity index (χ0) is 11.5. The Morgan fingerprint density at radius 3 is 2.56 bits per heavy atom. The molecule has 3 heteroatoms. The van der Waals surface area contributed by atoms with Crippen molar-refractivity contribution in [3.63, 3.8) is 0 Å². The van der Waals surface area contributed by atoms with Crippen molar-refractivity contribution in [1.29, 1.82) is 0 Å². The van der Waals surface area contributed by atoms with Gasteiger partial charge in [0.15, 0.2) is 0 Å². The van der Waals surface area contributed by atoms with E-state index >= 15 is 0 Å². The van der Waals surface area contributed by atoms with Gasteiger partial charge < -0.3 is 11.5 Å². The minimum atomic E-state index is -0.257. The van der Waals surface area contributed by atoms with Crippen molar-refractivity contribution in [2.45, 2.75) is 31.7 Å². The normalized spacial score (nSPS) is 16.8. The molecule has 0 heterocycles. The van der Waals surface area contributed by atoms with Gasteiger partial charge in [-0.25, -0.2) is 4.39 Å². The van der Waals surface area contributed by atoms with Gasteiger partial charge in [-0.1, -0.05) is 18.2 Å². The highest BCUT2D eigenvalue weighted by Gasteiger charge is 2.18. The van der Waals surface area contributed by atoms with Crippen molar-refractivity contribution in [2.75, 3.05) is 0 Å². The fourth-order valence-corrected chi connectivity index (χ4v) is 1.92. The molecule has 0 amide bonds. The first kappa shape index (κ1) is 11.1. The lowest BCUT2D eigenvalue weighted by molar-refractivity contribution is 0.587. The van der Waals surface area contributed by atoms with Crippen LogP contribution in [-0.4, -0.2) is 6.04 Å². The maximum atomic E-state index is 13.4. The quantitative estimate of drug-likeness (QED) is 0.819. The van der Waals surface area contributed by atoms with Crippen molar-refractivity contribution < 1.29 is 4.39 Å². The molecule has 1 fully saturated rings. The molecule has 0 bridgehead atoms. The van der Waals surface area contributed by atoms with Gasteiger partial charge in [0.2, 0.25) is 0 Å². The molecule has 2 nitrogen and oxygen atoms in total. The first-order chi connectivity index (χ1) is 7.68. The first-order valence-electron chi connectivity index (χ1n) is 5.65. The van der Waals surface area contributed by atoms with Crippen LogP contribution < -0.4 is 11.5 Å². The second kappa shape index (κ2) is 4.66. The zero-order valence-electron chi connectivity index (χ0n) is 9.25. The minimum absolute atomic E-state index is 0.204. The third kappa shape index (κ3) is 2.25. The van der Waals surface area contributed by atoms with Gasteiger partial charge in [-0.05, 0) is 42.9 Å². The summed E-state index contributed by atoms with van der Waals surface area (Å²) in [6.45, 7) is 0. The summed E-state index contributed by atoms with van der Waals surface area (Å²) in [5.74, 6) is -0.204. The van der Waals surface area contributed by atoms with Crippen LogP contribution in [0.1, 0.15) is 24.8 Å². The van der Waals surface area contributed by atoms with Crippen LogP contribution in [0.15, 0.2) is 35.5 Å². The van der Waals surface area contributed by atoms with Crippen LogP contribution in [0.4, 0.5) is 4.39 Å². The maximum Gasteiger partial charge on any atom is 0.126 e. The molecule has 1 aromatic carbocycles. The smallest absolute Gasteiger partial charge is 0.126 e. The molecule has 86 valence electrons. The summed E-state index contributed by atoms with van der Waals surface area (Å²) in [6, 6.07) is 6.45. The Hall–Kier alpha value is -1.35. The summed E-state index contributed by atoms with van der Waals surface area (Å²) in [5, 5.41) is 0. The van der Waals surface area contributed by atoms with Crippen LogP contribution in [0.25, 0.3) is 0 Å². The molecule has 16 heavy (non-hydrogen) atoms. The van der Waals surface area contributed by atoms with Gasteiger partial charge in [0.1, 0.15) is 5.82 Å². The average Bonchev–Trinajstić information content (AvgIpc) is 2.18. The Labute approximate surface area is 95.1 Å². The predicted octanol–water partition coefficient (Wildman–Crippen LogP) is 2.09. The second-order valence-corrected chi connectivity index (χ2v) is 4.31. The lowest BCUT2D eigenvalue weighted by Gasteiger charge is -2.23. The Bertz CT molecular complexity index is 406. The summed E-state index contributed by atoms with van der Waals surface area (Å²) >= 11 is 0. The van der Waals surface area contributed by atoms with Gasteiger partial charge in [-0.3, -0.25) is 0 Å². The van der Waals surface area contributed by atoms with E-state index in [0.717, 1.165) is 18.5 Å². The van der Waals surface area contributed by atoms with Gasteiger partial charge in [0, 0.05) is 11.7 Å². The van der Waals surface area contributed by atoms with E-state index in [4.69, 9.17) is 11.5 Å². The van der Waals surface area contributed by atoms with Gasteiger partial charge in [0.05, 0.1) is 0 Å². The van der Waals surface area contributed by atoms with E-state index < -0.39 is 0 Å². The molecule has 0 saturated heterocycles. The molecule has 1 atom stereocenters. The van der Waals surface area contributed by atoms with Crippen LogP contribution in [-0.2, 0) is 6.42 Å². The first-order valence-corrected chi connectivity index (χ1v) is 5.65. The van der Waals surface area contributed by atoms with Gasteiger partial charge >= 0.3 is 0 Å². The molecule has 1 aliphatic rings. The number of hydrogen-bond acceptors (Lipinski definition) is 2. The lowest BCUT2D eigenvalue weighted by Crippen LogP contribution is -2.32. The standard InChI is InChI=1S/C13H17FN2/c14-11-7-2-1-4-10(11)8-12(15)13(16)9-5-3-6-9/h1-2,4,7,12H,3,5-6,8,15-16H2. The number of benzene rings is 1. The van der Waals surface area contributed by atoms with Gasteiger partial charge in [-0.2, -0.15) is 0 Å². The minimum Gasteiger partial charge on any atom is -0.401 e. The van der Waals surface area contributed by atoms with Crippen LogP contribution in [0, 0.1) is 5.82 Å². The van der Waals surface area contributed by atoms with Gasteiger partial charge in [0.25, 0.3) is 0 Å². The van der Waals surface area contributed by atoms with Crippen molar-refractivity contribution in [3.8, 4) is 0 Å². The SMILES string of the molecule is NC(=C1CCC1)C(N)Cc1ccccc1F. The highest BCUT2D eigenvalue weighted by Crippen LogP contribution is 2.28. The Morgan fingerprint density at radius 1 is 1.31 bits per heavy atom. The van der Waals surface area contributed by atoms with Crippen molar-refractivity contribution in [1.82, 2.24) is 0 Å². The molecule has 0 spiro atoms. The number of halogens is 1. The van der Waals surface area contributed by atoms with E-state index in [0.29, 0.717) is 12.0 Å². The van der Waals surface area contributed by atoms with E-state index in [1.165, 1.54) is 18.1 Å². The summed E-state index contributed by atoms with van der Waals surface area (Å²) < 4.78 is 13.4. The molecule has 1 aliphatic carbocycles. The molecule has 0 aliphatic heterocycles. The third-order valence-electron chi connectivity index (χ3n) is 3.16. The Kier molecular flexibility index (Phi) is 3.25. The monoisotopic (exact) mass is 220 g/mol. The summed E-state index contributed by atoms with van der Waals surface area (Å²) in [6.07, 6.45) is 3.78. The second-order valence-electron chi connectivity index (χ2n) is 4.31. The zero-order valence-corrected chi connectivity index (χ0v) is 9.25. The van der Waals surface area contributed by atoms with Crippen molar-refractivity contribution in [2.24, 2.45) is 11.5 Å². The van der Waals surface area contributed by atoms with Crippen molar-refractivity contribution >= 4 is 0 Å². The number of allylic oxidation sites excluding steroid dienone is 1. The van der Waals surface area contributed by atoms with E-state index in [2.05, 4.69) is 0 Å². The molecule has 0 aromatic heterocycles. The van der Waals surface area contributed by atoms with Crippen molar-refractivity contribution in [3.05, 3.63) is 46.9 Å². The fraction of sp³-hybridized carbons (Fsp3) is 0.385. The average molecular weight is 220 g/mol. The van der Waals surface area contributed by atoms with Crippen LogP contribution >= 0.6 is 0 Å². The van der Waals surface area contributed by atoms with E-state index in [-0.39, 0.29) is 11.9 Å². The summed E-state index contributed by atoms with van der Waals surface area (Å²) in [7, 11) is 0. The molecule has 4 N–H and O–H groups in total.